The second-order valence-corrected chi connectivity index (χ2v) is 6.94. The van der Waals surface area contributed by atoms with Gasteiger partial charge in [0.2, 0.25) is 0 Å². The summed E-state index contributed by atoms with van der Waals surface area (Å²) in [7, 11) is 0. The van der Waals surface area contributed by atoms with Crippen LogP contribution < -0.4 is 10.1 Å². The summed E-state index contributed by atoms with van der Waals surface area (Å²) in [6.45, 7) is 1.90. The highest BCUT2D eigenvalue weighted by Gasteiger charge is 2.29. The van der Waals surface area contributed by atoms with Crippen molar-refractivity contribution in [3.05, 3.63) is 76.3 Å². The van der Waals surface area contributed by atoms with E-state index in [9.17, 15) is 4.79 Å². The summed E-state index contributed by atoms with van der Waals surface area (Å²) in [5.41, 5.74) is 0.833. The number of ether oxygens (including phenoxy) is 1. The van der Waals surface area contributed by atoms with E-state index < -0.39 is 11.5 Å². The summed E-state index contributed by atoms with van der Waals surface area (Å²) in [4.78, 5) is 16.5. The van der Waals surface area contributed by atoms with E-state index in [4.69, 9.17) is 22.8 Å². The van der Waals surface area contributed by atoms with Crippen molar-refractivity contribution in [2.75, 3.05) is 5.32 Å². The maximum atomic E-state index is 12.0. The van der Waals surface area contributed by atoms with Crippen LogP contribution in [0.5, 0.6) is 5.75 Å². The van der Waals surface area contributed by atoms with Crippen LogP contribution in [-0.2, 0) is 5.41 Å². The van der Waals surface area contributed by atoms with Crippen molar-refractivity contribution in [1.29, 1.82) is 0 Å². The average Bonchev–Trinajstić information content (AvgIpc) is 3.11. The van der Waals surface area contributed by atoms with Crippen molar-refractivity contribution in [2.24, 2.45) is 0 Å². The van der Waals surface area contributed by atoms with E-state index in [1.54, 1.807) is 36.4 Å². The molecule has 1 unspecified atom stereocenters. The molecule has 0 saturated heterocycles. The molecule has 0 radical (unpaired) electrons. The highest BCUT2D eigenvalue weighted by Crippen LogP contribution is 2.34. The second kappa shape index (κ2) is 7.61. The van der Waals surface area contributed by atoms with E-state index in [1.807, 2.05) is 30.5 Å². The van der Waals surface area contributed by atoms with Gasteiger partial charge in [0.25, 0.3) is 0 Å². The van der Waals surface area contributed by atoms with Crippen LogP contribution in [0.25, 0.3) is 0 Å². The van der Waals surface area contributed by atoms with Gasteiger partial charge in [0.05, 0.1) is 11.1 Å². The summed E-state index contributed by atoms with van der Waals surface area (Å²) in [6, 6.07) is 16.1. The Morgan fingerprint density at radius 3 is 2.58 bits per heavy atom. The molecule has 3 aromatic rings. The average molecular weight is 383 g/mol. The third-order valence-corrected chi connectivity index (χ3v) is 4.90. The van der Waals surface area contributed by atoms with Crippen molar-refractivity contribution in [3.63, 3.8) is 0 Å². The van der Waals surface area contributed by atoms with Gasteiger partial charge in [-0.2, -0.15) is 0 Å². The number of hydrogen-bond donors (Lipinski definition) is 1. The van der Waals surface area contributed by atoms with Gasteiger partial charge in [-0.1, -0.05) is 47.9 Å². The summed E-state index contributed by atoms with van der Waals surface area (Å²) < 4.78 is 5.20. The fourth-order valence-electron chi connectivity index (χ4n) is 2.36. The molecule has 0 spiro atoms. The number of aromatic nitrogens is 1. The first kappa shape index (κ1) is 18.0. The van der Waals surface area contributed by atoms with Crippen LogP contribution in [0.15, 0.2) is 60.0 Å². The largest absolute Gasteiger partial charge is 0.418 e. The molecule has 1 aromatic heterocycles. The number of terminal acetylenes is 1. The molecule has 1 atom stereocenters. The van der Waals surface area contributed by atoms with Crippen molar-refractivity contribution in [2.45, 2.75) is 12.3 Å². The Morgan fingerprint density at radius 1 is 1.23 bits per heavy atom. The minimum absolute atomic E-state index is 0.413. The highest BCUT2D eigenvalue weighted by molar-refractivity contribution is 7.13. The molecule has 0 fully saturated rings. The number of hydrogen-bond acceptors (Lipinski definition) is 4. The molecule has 1 amide bonds. The Labute approximate surface area is 160 Å². The Hall–Kier alpha value is -2.81. The van der Waals surface area contributed by atoms with Crippen molar-refractivity contribution in [3.8, 4) is 18.1 Å². The van der Waals surface area contributed by atoms with Gasteiger partial charge in [-0.25, -0.2) is 9.78 Å². The molecule has 26 heavy (non-hydrogen) atoms. The quantitative estimate of drug-likeness (QED) is 0.619. The van der Waals surface area contributed by atoms with Crippen molar-refractivity contribution in [1.82, 2.24) is 4.98 Å². The summed E-state index contributed by atoms with van der Waals surface area (Å²) >= 11 is 7.24. The summed E-state index contributed by atoms with van der Waals surface area (Å²) in [5.74, 6) is 3.25. The first-order chi connectivity index (χ1) is 12.5. The highest BCUT2D eigenvalue weighted by atomic mass is 35.5. The Morgan fingerprint density at radius 2 is 1.92 bits per heavy atom. The predicted octanol–water partition coefficient (Wildman–Crippen LogP) is 5.35. The van der Waals surface area contributed by atoms with Crippen LogP contribution in [0, 0.1) is 12.3 Å². The summed E-state index contributed by atoms with van der Waals surface area (Å²) in [5, 5.41) is 5.50. The molecule has 1 heterocycles. The number of nitrogens with one attached hydrogen (secondary N) is 1. The standard InChI is InChI=1S/C20H15ClN2O2S/c1-3-20(2,14-9-11-15(21)12-10-14)17-13-26-18(22-17)23-19(24)25-16-7-5-4-6-8-16/h1,4-13H,2H3,(H,22,23,24). The normalized spacial score (nSPS) is 12.7. The van der Waals surface area contributed by atoms with Gasteiger partial charge in [-0.3, -0.25) is 5.32 Å². The number of carbonyl (C=O) groups excluding carboxylic acids is 1. The molecule has 2 aromatic carbocycles. The number of amides is 1. The Balaban J connectivity index is 1.77. The third kappa shape index (κ3) is 3.88. The van der Waals surface area contributed by atoms with E-state index in [-0.39, 0.29) is 0 Å². The zero-order valence-corrected chi connectivity index (χ0v) is 15.5. The van der Waals surface area contributed by atoms with Gasteiger partial charge in [0.15, 0.2) is 5.13 Å². The minimum atomic E-state index is -0.732. The Kier molecular flexibility index (Phi) is 5.27. The maximum Gasteiger partial charge on any atom is 0.418 e. The number of thiazole rings is 1. The number of rotatable bonds is 4. The minimum Gasteiger partial charge on any atom is -0.410 e. The van der Waals surface area contributed by atoms with Gasteiger partial charge in [0.1, 0.15) is 5.75 Å². The smallest absolute Gasteiger partial charge is 0.410 e. The lowest BCUT2D eigenvalue weighted by molar-refractivity contribution is 0.215. The lowest BCUT2D eigenvalue weighted by atomic mass is 9.81. The molecular formula is C20H15ClN2O2S. The molecule has 4 nitrogen and oxygen atoms in total. The SMILES string of the molecule is C#CC(C)(c1ccc(Cl)cc1)c1csc(NC(=O)Oc2ccccc2)n1. The molecule has 130 valence electrons. The van der Waals surface area contributed by atoms with Crippen LogP contribution in [0.3, 0.4) is 0 Å². The number of benzene rings is 2. The van der Waals surface area contributed by atoms with E-state index in [0.717, 1.165) is 5.56 Å². The molecule has 3 rings (SSSR count). The zero-order chi connectivity index (χ0) is 18.6. The second-order valence-electron chi connectivity index (χ2n) is 5.64. The van der Waals surface area contributed by atoms with E-state index in [0.29, 0.717) is 21.6 Å². The number of anilines is 1. The molecule has 0 aliphatic carbocycles. The van der Waals surface area contributed by atoms with E-state index in [2.05, 4.69) is 16.2 Å². The maximum absolute atomic E-state index is 12.0. The van der Waals surface area contributed by atoms with Gasteiger partial charge >= 0.3 is 6.09 Å². The first-order valence-electron chi connectivity index (χ1n) is 7.75. The van der Waals surface area contributed by atoms with Crippen LogP contribution in [0.1, 0.15) is 18.2 Å². The van der Waals surface area contributed by atoms with Crippen LogP contribution in [-0.4, -0.2) is 11.1 Å². The van der Waals surface area contributed by atoms with E-state index in [1.165, 1.54) is 11.3 Å². The first-order valence-corrected chi connectivity index (χ1v) is 9.01. The van der Waals surface area contributed by atoms with Gasteiger partial charge in [-0.15, -0.1) is 17.8 Å². The number of carbonyl (C=O) groups is 1. The molecule has 0 aliphatic rings. The molecule has 0 saturated carbocycles. The molecule has 1 N–H and O–H groups in total. The Bertz CT molecular complexity index is 948. The van der Waals surface area contributed by atoms with Crippen molar-refractivity contribution < 1.29 is 9.53 Å². The lowest BCUT2D eigenvalue weighted by Crippen LogP contribution is -2.22. The monoisotopic (exact) mass is 382 g/mol. The van der Waals surface area contributed by atoms with Crippen LogP contribution in [0.2, 0.25) is 5.02 Å². The van der Waals surface area contributed by atoms with E-state index >= 15 is 0 Å². The van der Waals surface area contributed by atoms with Crippen molar-refractivity contribution >= 4 is 34.2 Å². The fraction of sp³-hybridized carbons (Fsp3) is 0.100. The third-order valence-electron chi connectivity index (χ3n) is 3.89. The van der Waals surface area contributed by atoms with Crippen LogP contribution >= 0.6 is 22.9 Å². The predicted molar refractivity (Wildman–Crippen MR) is 105 cm³/mol. The van der Waals surface area contributed by atoms with Gasteiger partial charge in [0, 0.05) is 10.4 Å². The molecule has 6 heteroatoms. The van der Waals surface area contributed by atoms with Gasteiger partial charge < -0.3 is 4.74 Å². The zero-order valence-electron chi connectivity index (χ0n) is 13.9. The van der Waals surface area contributed by atoms with Crippen LogP contribution in [0.4, 0.5) is 9.93 Å². The van der Waals surface area contributed by atoms with Gasteiger partial charge in [-0.05, 0) is 36.8 Å². The molecule has 0 bridgehead atoms. The summed E-state index contributed by atoms with van der Waals surface area (Å²) in [6.07, 6.45) is 5.19. The number of para-hydroxylation sites is 1. The molecular weight excluding hydrogens is 368 g/mol. The topological polar surface area (TPSA) is 51.2 Å². The fourth-order valence-corrected chi connectivity index (χ4v) is 3.29. The number of nitrogens with zero attached hydrogens (tertiary/aromatic N) is 1. The number of halogens is 1. The lowest BCUT2D eigenvalue weighted by Gasteiger charge is -2.22. The molecule has 0 aliphatic heterocycles.